The summed E-state index contributed by atoms with van der Waals surface area (Å²) >= 11 is 0. The summed E-state index contributed by atoms with van der Waals surface area (Å²) in [6.45, 7) is 8.70. The highest BCUT2D eigenvalue weighted by atomic mass is 16.1. The number of aryl methyl sites for hydroxylation is 1. The van der Waals surface area contributed by atoms with Crippen molar-refractivity contribution in [2.75, 3.05) is 0 Å². The molecular formula is C20H24O. The fourth-order valence-electron chi connectivity index (χ4n) is 2.63. The van der Waals surface area contributed by atoms with Crippen LogP contribution < -0.4 is 0 Å². The van der Waals surface area contributed by atoms with Crippen molar-refractivity contribution in [2.24, 2.45) is 0 Å². The lowest BCUT2D eigenvalue weighted by Crippen LogP contribution is -2.11. The Labute approximate surface area is 128 Å². The molecule has 0 aliphatic carbocycles. The van der Waals surface area contributed by atoms with Gasteiger partial charge in [0.1, 0.15) is 6.29 Å². The molecule has 0 aliphatic heterocycles. The van der Waals surface area contributed by atoms with Crippen molar-refractivity contribution in [3.63, 3.8) is 0 Å². The van der Waals surface area contributed by atoms with E-state index in [0.717, 1.165) is 18.3 Å². The summed E-state index contributed by atoms with van der Waals surface area (Å²) in [6, 6.07) is 16.8. The predicted molar refractivity (Wildman–Crippen MR) is 88.8 cm³/mol. The minimum atomic E-state index is -0.0633. The van der Waals surface area contributed by atoms with Gasteiger partial charge in [0, 0.05) is 5.92 Å². The number of hydrogen-bond acceptors (Lipinski definition) is 1. The van der Waals surface area contributed by atoms with Gasteiger partial charge in [-0.3, -0.25) is 0 Å². The average molecular weight is 280 g/mol. The molecule has 2 aromatic rings. The summed E-state index contributed by atoms with van der Waals surface area (Å²) in [4.78, 5) is 11.5. The first-order valence-electron chi connectivity index (χ1n) is 7.52. The van der Waals surface area contributed by atoms with Crippen molar-refractivity contribution in [3.8, 4) is 0 Å². The molecule has 0 spiro atoms. The Hall–Kier alpha value is -1.89. The molecule has 0 bridgehead atoms. The summed E-state index contributed by atoms with van der Waals surface area (Å²) in [6.07, 6.45) is 1.83. The number of hydrogen-bond donors (Lipinski definition) is 0. The van der Waals surface area contributed by atoms with Gasteiger partial charge in [0.15, 0.2) is 0 Å². The molecule has 110 valence electrons. The zero-order valence-electron chi connectivity index (χ0n) is 13.4. The van der Waals surface area contributed by atoms with Crippen LogP contribution in [0.1, 0.15) is 48.9 Å². The van der Waals surface area contributed by atoms with Gasteiger partial charge in [0.05, 0.1) is 0 Å². The van der Waals surface area contributed by atoms with Crippen LogP contribution in [-0.4, -0.2) is 6.29 Å². The van der Waals surface area contributed by atoms with Crippen LogP contribution in [0.3, 0.4) is 0 Å². The van der Waals surface area contributed by atoms with Crippen LogP contribution in [0, 0.1) is 6.92 Å². The monoisotopic (exact) mass is 280 g/mol. The Bertz CT molecular complexity index is 602. The SMILES string of the molecule is Cc1ccccc1C(C=O)Cc1ccc(C(C)(C)C)cc1. The Morgan fingerprint density at radius 3 is 2.14 bits per heavy atom. The van der Waals surface area contributed by atoms with Crippen molar-refractivity contribution in [1.82, 2.24) is 0 Å². The number of carbonyl (C=O) groups is 1. The van der Waals surface area contributed by atoms with E-state index >= 15 is 0 Å². The van der Waals surface area contributed by atoms with E-state index in [2.05, 4.69) is 64.1 Å². The summed E-state index contributed by atoms with van der Waals surface area (Å²) in [5.74, 6) is -0.0633. The van der Waals surface area contributed by atoms with Gasteiger partial charge in [-0.05, 0) is 41.0 Å². The van der Waals surface area contributed by atoms with E-state index in [-0.39, 0.29) is 11.3 Å². The predicted octanol–water partition coefficient (Wildman–Crippen LogP) is 4.82. The fourth-order valence-corrected chi connectivity index (χ4v) is 2.63. The first-order chi connectivity index (χ1) is 9.91. The van der Waals surface area contributed by atoms with E-state index in [1.165, 1.54) is 16.7 Å². The maximum Gasteiger partial charge on any atom is 0.127 e. The Morgan fingerprint density at radius 1 is 1.00 bits per heavy atom. The van der Waals surface area contributed by atoms with Crippen LogP contribution in [0.2, 0.25) is 0 Å². The molecule has 0 amide bonds. The molecule has 0 heterocycles. The molecule has 0 aliphatic rings. The summed E-state index contributed by atoms with van der Waals surface area (Å²) in [7, 11) is 0. The van der Waals surface area contributed by atoms with Gasteiger partial charge in [-0.15, -0.1) is 0 Å². The second-order valence-electron chi connectivity index (χ2n) is 6.75. The van der Waals surface area contributed by atoms with Crippen LogP contribution in [0.15, 0.2) is 48.5 Å². The zero-order valence-corrected chi connectivity index (χ0v) is 13.4. The van der Waals surface area contributed by atoms with E-state index in [0.29, 0.717) is 0 Å². The molecule has 2 rings (SSSR count). The Morgan fingerprint density at radius 2 is 1.62 bits per heavy atom. The third-order valence-corrected chi connectivity index (χ3v) is 4.03. The maximum absolute atomic E-state index is 11.5. The van der Waals surface area contributed by atoms with Gasteiger partial charge in [0.25, 0.3) is 0 Å². The fraction of sp³-hybridized carbons (Fsp3) is 0.350. The highest BCUT2D eigenvalue weighted by Gasteiger charge is 2.15. The van der Waals surface area contributed by atoms with E-state index in [4.69, 9.17) is 0 Å². The lowest BCUT2D eigenvalue weighted by molar-refractivity contribution is -0.109. The van der Waals surface area contributed by atoms with Crippen molar-refractivity contribution in [2.45, 2.75) is 45.4 Å². The number of benzene rings is 2. The Balaban J connectivity index is 2.20. The van der Waals surface area contributed by atoms with E-state index in [1.807, 2.05) is 12.1 Å². The highest BCUT2D eigenvalue weighted by molar-refractivity contribution is 5.64. The van der Waals surface area contributed by atoms with Crippen molar-refractivity contribution >= 4 is 6.29 Å². The van der Waals surface area contributed by atoms with Gasteiger partial charge in [-0.2, -0.15) is 0 Å². The molecule has 1 heteroatoms. The third-order valence-electron chi connectivity index (χ3n) is 4.03. The largest absolute Gasteiger partial charge is 0.303 e. The molecule has 0 saturated heterocycles. The normalized spacial score (nSPS) is 13.0. The second-order valence-corrected chi connectivity index (χ2v) is 6.75. The molecule has 2 aromatic carbocycles. The van der Waals surface area contributed by atoms with Gasteiger partial charge >= 0.3 is 0 Å². The minimum absolute atomic E-state index is 0.0633. The maximum atomic E-state index is 11.5. The van der Waals surface area contributed by atoms with Crippen molar-refractivity contribution in [1.29, 1.82) is 0 Å². The highest BCUT2D eigenvalue weighted by Crippen LogP contribution is 2.25. The van der Waals surface area contributed by atoms with Gasteiger partial charge in [-0.1, -0.05) is 69.3 Å². The number of aldehydes is 1. The van der Waals surface area contributed by atoms with E-state index < -0.39 is 0 Å². The average Bonchev–Trinajstić information content (AvgIpc) is 2.45. The topological polar surface area (TPSA) is 17.1 Å². The Kier molecular flexibility index (Phi) is 4.62. The van der Waals surface area contributed by atoms with Crippen LogP contribution >= 0.6 is 0 Å². The standard InChI is InChI=1S/C20H24O/c1-15-7-5-6-8-19(15)17(14-21)13-16-9-11-18(12-10-16)20(2,3)4/h5-12,14,17H,13H2,1-4H3. The molecule has 1 unspecified atom stereocenters. The summed E-state index contributed by atoms with van der Waals surface area (Å²) in [5, 5.41) is 0. The zero-order chi connectivity index (χ0) is 15.5. The molecule has 0 fully saturated rings. The van der Waals surface area contributed by atoms with Gasteiger partial charge < -0.3 is 4.79 Å². The third kappa shape index (κ3) is 3.81. The minimum Gasteiger partial charge on any atom is -0.303 e. The summed E-state index contributed by atoms with van der Waals surface area (Å²) < 4.78 is 0. The first kappa shape index (κ1) is 15.5. The van der Waals surface area contributed by atoms with Gasteiger partial charge in [-0.25, -0.2) is 0 Å². The quantitative estimate of drug-likeness (QED) is 0.734. The molecule has 1 nitrogen and oxygen atoms in total. The lowest BCUT2D eigenvalue weighted by Gasteiger charge is -2.20. The molecule has 21 heavy (non-hydrogen) atoms. The molecule has 0 N–H and O–H groups in total. The molecular weight excluding hydrogens is 256 g/mol. The van der Waals surface area contributed by atoms with Crippen LogP contribution in [0.4, 0.5) is 0 Å². The molecule has 1 atom stereocenters. The molecule has 0 aromatic heterocycles. The first-order valence-corrected chi connectivity index (χ1v) is 7.52. The number of carbonyl (C=O) groups excluding carboxylic acids is 1. The van der Waals surface area contributed by atoms with Crippen LogP contribution in [0.5, 0.6) is 0 Å². The smallest absolute Gasteiger partial charge is 0.127 e. The molecule has 0 radical (unpaired) electrons. The van der Waals surface area contributed by atoms with Gasteiger partial charge in [0.2, 0.25) is 0 Å². The van der Waals surface area contributed by atoms with Crippen LogP contribution in [-0.2, 0) is 16.6 Å². The van der Waals surface area contributed by atoms with E-state index in [9.17, 15) is 4.79 Å². The summed E-state index contributed by atoms with van der Waals surface area (Å²) in [5.41, 5.74) is 5.01. The second kappa shape index (κ2) is 6.26. The van der Waals surface area contributed by atoms with Crippen LogP contribution in [0.25, 0.3) is 0 Å². The van der Waals surface area contributed by atoms with Crippen molar-refractivity contribution in [3.05, 3.63) is 70.8 Å². The number of rotatable bonds is 4. The molecule has 0 saturated carbocycles. The lowest BCUT2D eigenvalue weighted by atomic mass is 9.85. The van der Waals surface area contributed by atoms with E-state index in [1.54, 1.807) is 0 Å². The van der Waals surface area contributed by atoms with Crippen molar-refractivity contribution < 1.29 is 4.79 Å².